The van der Waals surface area contributed by atoms with Crippen LogP contribution in [0.15, 0.2) is 54.6 Å². The Morgan fingerprint density at radius 1 is 1.06 bits per heavy atom. The highest BCUT2D eigenvalue weighted by Crippen LogP contribution is 2.25. The fraction of sp³-hybridized carbons (Fsp3) is 0.280. The molecule has 0 saturated carbocycles. The van der Waals surface area contributed by atoms with Gasteiger partial charge in [0, 0.05) is 12.8 Å². The zero-order chi connectivity index (χ0) is 22.4. The number of nitrogens with one attached hydrogen (secondary N) is 1. The van der Waals surface area contributed by atoms with Gasteiger partial charge >= 0.3 is 0 Å². The van der Waals surface area contributed by atoms with Gasteiger partial charge < -0.3 is 20.5 Å². The molecule has 0 aliphatic rings. The lowest BCUT2D eigenvalue weighted by molar-refractivity contribution is 0.102. The molecule has 3 N–H and O–H groups in total. The van der Waals surface area contributed by atoms with Gasteiger partial charge in [0.15, 0.2) is 0 Å². The van der Waals surface area contributed by atoms with Crippen LogP contribution in [0.25, 0.3) is 0 Å². The van der Waals surface area contributed by atoms with Crippen molar-refractivity contribution in [3.63, 3.8) is 0 Å². The fourth-order valence-corrected chi connectivity index (χ4v) is 3.24. The highest BCUT2D eigenvalue weighted by atomic mass is 16.5. The zero-order valence-electron chi connectivity index (χ0n) is 18.4. The molecule has 1 heterocycles. The topological polar surface area (TPSA) is 86.5 Å². The number of aromatic nitrogens is 1. The standard InChI is InChI=1S/C25H29N3O3/c1-16(2)13-18-5-9-20(10-6-18)31-21-11-7-19(8-12-21)27-25(29)22-14-17(3)23(15-30-4)28-24(22)26/h5-12,14,16H,13,15H2,1-4H3,(H2,26,28)(H,27,29). The number of pyridine rings is 1. The Morgan fingerprint density at radius 3 is 2.26 bits per heavy atom. The van der Waals surface area contributed by atoms with Crippen LogP contribution < -0.4 is 15.8 Å². The summed E-state index contributed by atoms with van der Waals surface area (Å²) in [5.41, 5.74) is 9.81. The number of anilines is 2. The summed E-state index contributed by atoms with van der Waals surface area (Å²) >= 11 is 0. The summed E-state index contributed by atoms with van der Waals surface area (Å²) in [5.74, 6) is 1.95. The van der Waals surface area contributed by atoms with Crippen molar-refractivity contribution < 1.29 is 14.3 Å². The van der Waals surface area contributed by atoms with Gasteiger partial charge in [0.2, 0.25) is 0 Å². The van der Waals surface area contributed by atoms with Crippen LogP contribution in [0.1, 0.15) is 41.0 Å². The number of hydrogen-bond donors (Lipinski definition) is 2. The lowest BCUT2D eigenvalue weighted by atomic mass is 10.0. The highest BCUT2D eigenvalue weighted by Gasteiger charge is 2.14. The Kier molecular flexibility index (Phi) is 7.26. The third-order valence-electron chi connectivity index (χ3n) is 4.79. The lowest BCUT2D eigenvalue weighted by Gasteiger charge is -2.12. The van der Waals surface area contributed by atoms with Gasteiger partial charge in [0.1, 0.15) is 17.3 Å². The van der Waals surface area contributed by atoms with E-state index in [4.69, 9.17) is 15.2 Å². The summed E-state index contributed by atoms with van der Waals surface area (Å²) in [7, 11) is 1.59. The van der Waals surface area contributed by atoms with Crippen molar-refractivity contribution in [3.05, 3.63) is 77.0 Å². The molecule has 0 saturated heterocycles. The first kappa shape index (κ1) is 22.3. The molecular formula is C25H29N3O3. The maximum absolute atomic E-state index is 12.6. The van der Waals surface area contributed by atoms with Gasteiger partial charge in [0.05, 0.1) is 17.9 Å². The quantitative estimate of drug-likeness (QED) is 0.513. The van der Waals surface area contributed by atoms with Crippen LogP contribution in [-0.4, -0.2) is 18.0 Å². The predicted molar refractivity (Wildman–Crippen MR) is 124 cm³/mol. The van der Waals surface area contributed by atoms with E-state index in [2.05, 4.69) is 36.3 Å². The molecule has 0 radical (unpaired) electrons. The van der Waals surface area contributed by atoms with E-state index in [-0.39, 0.29) is 11.7 Å². The third kappa shape index (κ3) is 6.06. The Bertz CT molecular complexity index is 1030. The highest BCUT2D eigenvalue weighted by molar-refractivity contribution is 6.07. The van der Waals surface area contributed by atoms with Crippen molar-refractivity contribution >= 4 is 17.4 Å². The molecule has 2 aromatic carbocycles. The third-order valence-corrected chi connectivity index (χ3v) is 4.79. The summed E-state index contributed by atoms with van der Waals surface area (Å²) < 4.78 is 11.0. The van der Waals surface area contributed by atoms with Crippen molar-refractivity contribution in [1.82, 2.24) is 4.98 Å². The van der Waals surface area contributed by atoms with Crippen LogP contribution >= 0.6 is 0 Å². The van der Waals surface area contributed by atoms with Crippen LogP contribution in [0.2, 0.25) is 0 Å². The molecule has 0 spiro atoms. The van der Waals surface area contributed by atoms with Gasteiger partial charge in [-0.05, 0) is 72.9 Å². The second-order valence-corrected chi connectivity index (χ2v) is 7.94. The molecule has 0 aliphatic carbocycles. The van der Waals surface area contributed by atoms with Gasteiger partial charge in [-0.15, -0.1) is 0 Å². The first-order valence-electron chi connectivity index (χ1n) is 10.3. The number of methoxy groups -OCH3 is 1. The van der Waals surface area contributed by atoms with Crippen LogP contribution in [0, 0.1) is 12.8 Å². The van der Waals surface area contributed by atoms with Crippen molar-refractivity contribution in [2.24, 2.45) is 5.92 Å². The molecule has 31 heavy (non-hydrogen) atoms. The number of aryl methyl sites for hydroxylation is 1. The van der Waals surface area contributed by atoms with E-state index in [0.717, 1.165) is 23.4 Å². The number of nitrogen functional groups attached to an aromatic ring is 1. The lowest BCUT2D eigenvalue weighted by Crippen LogP contribution is -2.16. The van der Waals surface area contributed by atoms with Gasteiger partial charge in [-0.2, -0.15) is 0 Å². The number of carbonyl (C=O) groups excluding carboxylic acids is 1. The smallest absolute Gasteiger partial charge is 0.259 e. The van der Waals surface area contributed by atoms with Gasteiger partial charge in [-0.3, -0.25) is 4.79 Å². The minimum atomic E-state index is -0.313. The van der Waals surface area contributed by atoms with Crippen LogP contribution in [0.3, 0.4) is 0 Å². The van der Waals surface area contributed by atoms with Gasteiger partial charge in [0.25, 0.3) is 5.91 Å². The molecule has 3 aromatic rings. The van der Waals surface area contributed by atoms with Crippen LogP contribution in [0.4, 0.5) is 11.5 Å². The zero-order valence-corrected chi connectivity index (χ0v) is 18.4. The SMILES string of the molecule is COCc1nc(N)c(C(=O)Nc2ccc(Oc3ccc(CC(C)C)cc3)cc2)cc1C. The molecule has 1 amide bonds. The fourth-order valence-electron chi connectivity index (χ4n) is 3.24. The molecule has 6 heteroatoms. The van der Waals surface area contributed by atoms with Crippen molar-refractivity contribution in [2.75, 3.05) is 18.2 Å². The van der Waals surface area contributed by atoms with E-state index in [1.807, 2.05) is 31.2 Å². The van der Waals surface area contributed by atoms with Crippen LogP contribution in [0.5, 0.6) is 11.5 Å². The molecule has 6 nitrogen and oxygen atoms in total. The first-order valence-corrected chi connectivity index (χ1v) is 10.3. The van der Waals surface area contributed by atoms with E-state index in [9.17, 15) is 4.79 Å². The van der Waals surface area contributed by atoms with Crippen molar-refractivity contribution in [3.8, 4) is 11.5 Å². The van der Waals surface area contributed by atoms with E-state index in [1.165, 1.54) is 5.56 Å². The second-order valence-electron chi connectivity index (χ2n) is 7.94. The number of carbonyl (C=O) groups is 1. The molecule has 3 rings (SSSR count). The molecule has 0 fully saturated rings. The molecule has 1 aromatic heterocycles. The maximum atomic E-state index is 12.6. The number of ether oxygens (including phenoxy) is 2. The summed E-state index contributed by atoms with van der Waals surface area (Å²) in [6.45, 7) is 6.62. The average molecular weight is 420 g/mol. The molecule has 0 atom stereocenters. The summed E-state index contributed by atoms with van der Waals surface area (Å²) in [6.07, 6.45) is 1.04. The number of nitrogens with zero attached hydrogens (tertiary/aromatic N) is 1. The van der Waals surface area contributed by atoms with E-state index in [0.29, 0.717) is 29.5 Å². The van der Waals surface area contributed by atoms with Crippen molar-refractivity contribution in [1.29, 1.82) is 0 Å². The van der Waals surface area contributed by atoms with Gasteiger partial charge in [-0.1, -0.05) is 26.0 Å². The number of rotatable bonds is 8. The maximum Gasteiger partial charge on any atom is 0.259 e. The van der Waals surface area contributed by atoms with Gasteiger partial charge in [-0.25, -0.2) is 4.98 Å². The predicted octanol–water partition coefficient (Wildman–Crippen LogP) is 5.36. The monoisotopic (exact) mass is 419 g/mol. The normalized spacial score (nSPS) is 10.9. The summed E-state index contributed by atoms with van der Waals surface area (Å²) in [4.78, 5) is 16.9. The number of amides is 1. The molecule has 162 valence electrons. The Balaban J connectivity index is 1.64. The minimum absolute atomic E-state index is 0.177. The first-order chi connectivity index (χ1) is 14.9. The summed E-state index contributed by atoms with van der Waals surface area (Å²) in [6, 6.07) is 17.0. The number of hydrogen-bond acceptors (Lipinski definition) is 5. The number of benzene rings is 2. The minimum Gasteiger partial charge on any atom is -0.457 e. The largest absolute Gasteiger partial charge is 0.457 e. The number of nitrogens with two attached hydrogens (primary N) is 1. The Hall–Kier alpha value is -3.38. The van der Waals surface area contributed by atoms with E-state index in [1.54, 1.807) is 25.3 Å². The van der Waals surface area contributed by atoms with Crippen molar-refractivity contribution in [2.45, 2.75) is 33.8 Å². The Labute approximate surface area is 183 Å². The molecular weight excluding hydrogens is 390 g/mol. The molecule has 0 aliphatic heterocycles. The molecule has 0 unspecified atom stereocenters. The van der Waals surface area contributed by atoms with Crippen LogP contribution in [-0.2, 0) is 17.8 Å². The molecule has 0 bridgehead atoms. The average Bonchev–Trinajstić information content (AvgIpc) is 2.73. The van der Waals surface area contributed by atoms with E-state index < -0.39 is 0 Å². The van der Waals surface area contributed by atoms with E-state index >= 15 is 0 Å². The summed E-state index contributed by atoms with van der Waals surface area (Å²) in [5, 5.41) is 2.85. The second kappa shape index (κ2) is 10.1. The Morgan fingerprint density at radius 2 is 1.68 bits per heavy atom.